The first-order valence-corrected chi connectivity index (χ1v) is 6.70. The fourth-order valence-corrected chi connectivity index (χ4v) is 2.69. The van der Waals surface area contributed by atoms with Gasteiger partial charge in [0.1, 0.15) is 0 Å². The molecular weight excluding hydrogens is 258 g/mol. The van der Waals surface area contributed by atoms with E-state index < -0.39 is 27.6 Å². The SMILES string of the molecule is CC(CS(=O)Cc1ccc([N+](=O)[O-])cc1)C(=O)O. The Morgan fingerprint density at radius 2 is 2.00 bits per heavy atom. The number of hydrogen-bond acceptors (Lipinski definition) is 4. The monoisotopic (exact) mass is 271 g/mol. The van der Waals surface area contributed by atoms with Gasteiger partial charge in [0.15, 0.2) is 0 Å². The molecule has 0 radical (unpaired) electrons. The van der Waals surface area contributed by atoms with Crippen molar-refractivity contribution in [3.63, 3.8) is 0 Å². The van der Waals surface area contributed by atoms with Crippen LogP contribution in [-0.2, 0) is 21.3 Å². The first-order valence-electron chi connectivity index (χ1n) is 5.21. The highest BCUT2D eigenvalue weighted by molar-refractivity contribution is 7.84. The normalized spacial score (nSPS) is 13.8. The van der Waals surface area contributed by atoms with E-state index >= 15 is 0 Å². The predicted molar refractivity (Wildman–Crippen MR) is 66.6 cm³/mol. The van der Waals surface area contributed by atoms with Crippen molar-refractivity contribution in [1.29, 1.82) is 0 Å². The lowest BCUT2D eigenvalue weighted by Crippen LogP contribution is -2.18. The maximum Gasteiger partial charge on any atom is 0.307 e. The van der Waals surface area contributed by atoms with E-state index in [0.717, 1.165) is 0 Å². The van der Waals surface area contributed by atoms with Gasteiger partial charge in [-0.15, -0.1) is 0 Å². The summed E-state index contributed by atoms with van der Waals surface area (Å²) in [6.45, 7) is 1.50. The molecule has 1 N–H and O–H groups in total. The van der Waals surface area contributed by atoms with Crippen molar-refractivity contribution in [2.75, 3.05) is 5.75 Å². The fraction of sp³-hybridized carbons (Fsp3) is 0.364. The summed E-state index contributed by atoms with van der Waals surface area (Å²) in [6.07, 6.45) is 0. The number of nitro benzene ring substituents is 1. The third kappa shape index (κ3) is 4.25. The number of carboxylic acid groups (broad SMARTS) is 1. The standard InChI is InChI=1S/C11H13NO5S/c1-8(11(13)14)6-18(17)7-9-2-4-10(5-3-9)12(15)16/h2-5,8H,6-7H2,1H3,(H,13,14). The number of carbonyl (C=O) groups is 1. The molecule has 0 saturated carbocycles. The van der Waals surface area contributed by atoms with E-state index in [1.165, 1.54) is 31.2 Å². The summed E-state index contributed by atoms with van der Waals surface area (Å²) in [5, 5.41) is 19.1. The van der Waals surface area contributed by atoms with Gasteiger partial charge in [0, 0.05) is 34.4 Å². The molecular formula is C11H13NO5S. The van der Waals surface area contributed by atoms with Gasteiger partial charge >= 0.3 is 5.97 Å². The van der Waals surface area contributed by atoms with Gasteiger partial charge in [-0.3, -0.25) is 19.1 Å². The van der Waals surface area contributed by atoms with Gasteiger partial charge in [0.2, 0.25) is 0 Å². The molecule has 0 aliphatic rings. The van der Waals surface area contributed by atoms with Crippen LogP contribution in [0.4, 0.5) is 5.69 Å². The van der Waals surface area contributed by atoms with Crippen LogP contribution in [0.2, 0.25) is 0 Å². The van der Waals surface area contributed by atoms with Crippen LogP contribution in [-0.4, -0.2) is 26.0 Å². The number of nitrogens with zero attached hydrogens (tertiary/aromatic N) is 1. The third-order valence-corrected chi connectivity index (χ3v) is 3.86. The maximum absolute atomic E-state index is 11.7. The molecule has 6 nitrogen and oxygen atoms in total. The van der Waals surface area contributed by atoms with Gasteiger partial charge in [-0.05, 0) is 5.56 Å². The molecule has 1 aromatic carbocycles. The number of carboxylic acids is 1. The van der Waals surface area contributed by atoms with Crippen molar-refractivity contribution in [1.82, 2.24) is 0 Å². The van der Waals surface area contributed by atoms with Crippen LogP contribution >= 0.6 is 0 Å². The Labute approximate surface area is 106 Å². The Kier molecular flexibility index (Phi) is 4.96. The minimum absolute atomic E-state index is 0.0246. The summed E-state index contributed by atoms with van der Waals surface area (Å²) in [4.78, 5) is 20.5. The fourth-order valence-electron chi connectivity index (χ4n) is 1.31. The molecule has 0 bridgehead atoms. The first-order chi connectivity index (χ1) is 8.40. The second-order valence-electron chi connectivity index (χ2n) is 3.91. The van der Waals surface area contributed by atoms with Crippen LogP contribution < -0.4 is 0 Å². The second kappa shape index (κ2) is 6.25. The molecule has 0 spiro atoms. The summed E-state index contributed by atoms with van der Waals surface area (Å²) < 4.78 is 11.7. The number of hydrogen-bond donors (Lipinski definition) is 1. The number of nitro groups is 1. The van der Waals surface area contributed by atoms with Crippen LogP contribution in [0.25, 0.3) is 0 Å². The zero-order chi connectivity index (χ0) is 13.7. The number of rotatable bonds is 6. The van der Waals surface area contributed by atoms with E-state index in [1.54, 1.807) is 0 Å². The predicted octanol–water partition coefficient (Wildman–Crippen LogP) is 1.56. The molecule has 2 atom stereocenters. The molecule has 0 aliphatic heterocycles. The average Bonchev–Trinajstić information content (AvgIpc) is 2.29. The van der Waals surface area contributed by atoms with Crippen LogP contribution in [0.1, 0.15) is 12.5 Å². The van der Waals surface area contributed by atoms with E-state index in [-0.39, 0.29) is 17.2 Å². The van der Waals surface area contributed by atoms with Gasteiger partial charge < -0.3 is 5.11 Å². The summed E-state index contributed by atoms with van der Waals surface area (Å²) in [6, 6.07) is 5.74. The highest BCUT2D eigenvalue weighted by atomic mass is 32.2. The smallest absolute Gasteiger partial charge is 0.307 e. The minimum Gasteiger partial charge on any atom is -0.481 e. The Hall–Kier alpha value is -1.76. The van der Waals surface area contributed by atoms with Gasteiger partial charge in [-0.25, -0.2) is 0 Å². The Morgan fingerprint density at radius 3 is 2.44 bits per heavy atom. The van der Waals surface area contributed by atoms with E-state index in [9.17, 15) is 19.1 Å². The first kappa shape index (κ1) is 14.3. The topological polar surface area (TPSA) is 97.5 Å². The molecule has 7 heteroatoms. The second-order valence-corrected chi connectivity index (χ2v) is 5.42. The molecule has 0 aromatic heterocycles. The largest absolute Gasteiger partial charge is 0.481 e. The molecule has 0 saturated heterocycles. The average molecular weight is 271 g/mol. The van der Waals surface area contributed by atoms with E-state index in [2.05, 4.69) is 0 Å². The Balaban J connectivity index is 2.60. The zero-order valence-electron chi connectivity index (χ0n) is 9.74. The number of aliphatic carboxylic acids is 1. The third-order valence-electron chi connectivity index (χ3n) is 2.33. The minimum atomic E-state index is -1.29. The van der Waals surface area contributed by atoms with Crippen molar-refractivity contribution in [2.45, 2.75) is 12.7 Å². The Morgan fingerprint density at radius 1 is 1.44 bits per heavy atom. The maximum atomic E-state index is 11.7. The molecule has 0 amide bonds. The van der Waals surface area contributed by atoms with Crippen LogP contribution in [0.15, 0.2) is 24.3 Å². The lowest BCUT2D eigenvalue weighted by atomic mass is 10.2. The quantitative estimate of drug-likeness (QED) is 0.625. The van der Waals surface area contributed by atoms with Gasteiger partial charge in [-0.1, -0.05) is 19.1 Å². The van der Waals surface area contributed by atoms with Crippen molar-refractivity contribution in [3.8, 4) is 0 Å². The van der Waals surface area contributed by atoms with E-state index in [0.29, 0.717) is 5.56 Å². The van der Waals surface area contributed by atoms with Crippen molar-refractivity contribution in [2.24, 2.45) is 5.92 Å². The summed E-state index contributed by atoms with van der Waals surface area (Å²) in [7, 11) is -1.29. The lowest BCUT2D eigenvalue weighted by molar-refractivity contribution is -0.384. The van der Waals surface area contributed by atoms with Gasteiger partial charge in [-0.2, -0.15) is 0 Å². The van der Waals surface area contributed by atoms with Crippen molar-refractivity contribution < 1.29 is 19.0 Å². The summed E-state index contributed by atoms with van der Waals surface area (Å²) >= 11 is 0. The molecule has 0 heterocycles. The zero-order valence-corrected chi connectivity index (χ0v) is 10.6. The van der Waals surface area contributed by atoms with Crippen LogP contribution in [0, 0.1) is 16.0 Å². The van der Waals surface area contributed by atoms with Gasteiger partial charge in [0.05, 0.1) is 10.8 Å². The highest BCUT2D eigenvalue weighted by Gasteiger charge is 2.15. The van der Waals surface area contributed by atoms with Crippen LogP contribution in [0.5, 0.6) is 0 Å². The molecule has 0 fully saturated rings. The Bertz CT molecular complexity index is 471. The molecule has 98 valence electrons. The molecule has 1 aromatic rings. The molecule has 18 heavy (non-hydrogen) atoms. The highest BCUT2D eigenvalue weighted by Crippen LogP contribution is 2.14. The van der Waals surface area contributed by atoms with Crippen molar-refractivity contribution >= 4 is 22.5 Å². The number of benzene rings is 1. The lowest BCUT2D eigenvalue weighted by Gasteiger charge is -2.06. The van der Waals surface area contributed by atoms with Crippen LogP contribution in [0.3, 0.4) is 0 Å². The summed E-state index contributed by atoms with van der Waals surface area (Å²) in [5.74, 6) is -1.36. The molecule has 1 rings (SSSR count). The molecule has 2 unspecified atom stereocenters. The number of non-ortho nitro benzene ring substituents is 1. The van der Waals surface area contributed by atoms with E-state index in [1.807, 2.05) is 0 Å². The van der Waals surface area contributed by atoms with Gasteiger partial charge in [0.25, 0.3) is 5.69 Å². The molecule has 0 aliphatic carbocycles. The van der Waals surface area contributed by atoms with Crippen molar-refractivity contribution in [3.05, 3.63) is 39.9 Å². The van der Waals surface area contributed by atoms with E-state index in [4.69, 9.17) is 5.11 Å². The summed E-state index contributed by atoms with van der Waals surface area (Å²) in [5.41, 5.74) is 0.667.